The molecule has 1 aromatic heterocycles. The third-order valence-electron chi connectivity index (χ3n) is 4.52. The highest BCUT2D eigenvalue weighted by molar-refractivity contribution is 5.08. The van der Waals surface area contributed by atoms with Crippen LogP contribution in [0.1, 0.15) is 18.5 Å². The Kier molecular flexibility index (Phi) is 3.23. The first-order valence-electron chi connectivity index (χ1n) is 7.41. The van der Waals surface area contributed by atoms with Gasteiger partial charge in [0.25, 0.3) is 5.56 Å². The monoisotopic (exact) mass is 310 g/mol. The van der Waals surface area contributed by atoms with Crippen molar-refractivity contribution >= 4 is 0 Å². The van der Waals surface area contributed by atoms with Crippen molar-refractivity contribution in [1.82, 2.24) is 9.55 Å². The minimum atomic E-state index is -0.455. The van der Waals surface area contributed by atoms with Crippen molar-refractivity contribution in [2.24, 2.45) is 0 Å². The molecule has 6 atom stereocenters. The zero-order valence-corrected chi connectivity index (χ0v) is 12.4. The van der Waals surface area contributed by atoms with E-state index in [0.717, 1.165) is 0 Å². The summed E-state index contributed by atoms with van der Waals surface area (Å²) in [5.41, 5.74) is -0.356. The Hall–Kier alpha value is -1.48. The number of hydrogen-bond donors (Lipinski definition) is 1. The van der Waals surface area contributed by atoms with Crippen molar-refractivity contribution in [2.75, 3.05) is 13.2 Å². The molecule has 0 aromatic carbocycles. The second kappa shape index (κ2) is 5.02. The fourth-order valence-electron chi connectivity index (χ4n) is 3.47. The summed E-state index contributed by atoms with van der Waals surface area (Å²) in [7, 11) is 0. The minimum absolute atomic E-state index is 0.190. The van der Waals surface area contributed by atoms with E-state index < -0.39 is 5.69 Å². The molecule has 22 heavy (non-hydrogen) atoms. The van der Waals surface area contributed by atoms with E-state index >= 15 is 0 Å². The summed E-state index contributed by atoms with van der Waals surface area (Å²) in [6.07, 6.45) is 0.205. The molecule has 1 aromatic rings. The number of aromatic amines is 1. The van der Waals surface area contributed by atoms with Gasteiger partial charge in [-0.25, -0.2) is 4.79 Å². The van der Waals surface area contributed by atoms with Crippen LogP contribution in [0.5, 0.6) is 0 Å². The second-order valence-corrected chi connectivity index (χ2v) is 5.98. The van der Waals surface area contributed by atoms with Gasteiger partial charge in [-0.15, -0.1) is 0 Å². The van der Waals surface area contributed by atoms with Gasteiger partial charge in [-0.2, -0.15) is 0 Å². The molecule has 0 spiro atoms. The van der Waals surface area contributed by atoms with E-state index in [1.807, 2.05) is 6.92 Å². The third-order valence-corrected chi connectivity index (χ3v) is 4.52. The van der Waals surface area contributed by atoms with Crippen LogP contribution in [-0.4, -0.2) is 53.5 Å². The van der Waals surface area contributed by atoms with Gasteiger partial charge in [0.15, 0.2) is 6.29 Å². The van der Waals surface area contributed by atoms with Gasteiger partial charge in [-0.3, -0.25) is 14.3 Å². The number of H-pyrrole nitrogens is 1. The van der Waals surface area contributed by atoms with Crippen molar-refractivity contribution in [2.45, 2.75) is 50.6 Å². The average molecular weight is 310 g/mol. The summed E-state index contributed by atoms with van der Waals surface area (Å²) < 4.78 is 24.6. The minimum Gasteiger partial charge on any atom is -0.370 e. The molecular weight excluding hydrogens is 292 g/mol. The molecule has 8 heteroatoms. The van der Waals surface area contributed by atoms with Crippen LogP contribution in [-0.2, 0) is 18.9 Å². The first-order chi connectivity index (χ1) is 10.5. The van der Waals surface area contributed by atoms with E-state index in [1.165, 1.54) is 4.57 Å². The van der Waals surface area contributed by atoms with Crippen LogP contribution in [0.4, 0.5) is 0 Å². The summed E-state index contributed by atoms with van der Waals surface area (Å²) in [6.45, 7) is 4.33. The quantitative estimate of drug-likeness (QED) is 0.738. The lowest BCUT2D eigenvalue weighted by atomic mass is 9.94. The Bertz CT molecular complexity index is 697. The van der Waals surface area contributed by atoms with Crippen LogP contribution in [0.3, 0.4) is 0 Å². The molecule has 4 rings (SSSR count). The van der Waals surface area contributed by atoms with Crippen LogP contribution in [0.15, 0.2) is 15.8 Å². The van der Waals surface area contributed by atoms with Crippen molar-refractivity contribution in [3.63, 3.8) is 0 Å². The van der Waals surface area contributed by atoms with Gasteiger partial charge in [0.2, 0.25) is 0 Å². The number of aromatic nitrogens is 2. The maximum atomic E-state index is 12.2. The highest BCUT2D eigenvalue weighted by atomic mass is 16.7. The summed E-state index contributed by atoms with van der Waals surface area (Å²) in [5.74, 6) is 0. The molecule has 120 valence electrons. The Morgan fingerprint density at radius 3 is 2.73 bits per heavy atom. The highest BCUT2D eigenvalue weighted by Crippen LogP contribution is 2.40. The zero-order valence-electron chi connectivity index (χ0n) is 12.4. The maximum absolute atomic E-state index is 12.2. The molecule has 0 aliphatic carbocycles. The normalized spacial score (nSPS) is 40.5. The molecule has 8 nitrogen and oxygen atoms in total. The van der Waals surface area contributed by atoms with Crippen LogP contribution in [0.25, 0.3) is 0 Å². The third kappa shape index (κ3) is 2.06. The number of hydrogen-bond acceptors (Lipinski definition) is 6. The van der Waals surface area contributed by atoms with Crippen molar-refractivity contribution in [3.8, 4) is 0 Å². The smallest absolute Gasteiger partial charge is 0.328 e. The predicted octanol–water partition coefficient (Wildman–Crippen LogP) is -0.686. The lowest BCUT2D eigenvalue weighted by Crippen LogP contribution is -2.58. The number of fused-ring (bicyclic) bond motifs is 4. The fourth-order valence-corrected chi connectivity index (χ4v) is 3.47. The maximum Gasteiger partial charge on any atom is 0.328 e. The average Bonchev–Trinajstić information content (AvgIpc) is 2.79. The van der Waals surface area contributed by atoms with E-state index in [-0.39, 0.29) is 42.3 Å². The number of aryl methyl sites for hydroxylation is 1. The van der Waals surface area contributed by atoms with Gasteiger partial charge >= 0.3 is 5.69 Å². The van der Waals surface area contributed by atoms with E-state index in [1.54, 1.807) is 13.1 Å². The van der Waals surface area contributed by atoms with Crippen molar-refractivity contribution < 1.29 is 18.9 Å². The summed E-state index contributed by atoms with van der Waals surface area (Å²) in [4.78, 5) is 26.0. The molecule has 6 unspecified atom stereocenters. The van der Waals surface area contributed by atoms with Gasteiger partial charge in [-0.05, 0) is 13.8 Å². The molecule has 0 radical (unpaired) electrons. The standard InChI is InChI=1S/C14H18N2O6/c1-6-3-16(14(18)15-13(6)17)10-8-4-20-12(10)11-9(22-8)5-19-7(2)21-11/h3,7-12H,4-5H2,1-2H3,(H,15,17,18). The highest BCUT2D eigenvalue weighted by Gasteiger charge is 2.54. The first-order valence-corrected chi connectivity index (χ1v) is 7.41. The summed E-state index contributed by atoms with van der Waals surface area (Å²) >= 11 is 0. The molecule has 2 bridgehead atoms. The van der Waals surface area contributed by atoms with Gasteiger partial charge in [0, 0.05) is 11.8 Å². The van der Waals surface area contributed by atoms with Gasteiger partial charge in [-0.1, -0.05) is 0 Å². The van der Waals surface area contributed by atoms with Crippen LogP contribution in [0.2, 0.25) is 0 Å². The van der Waals surface area contributed by atoms with Crippen molar-refractivity contribution in [3.05, 3.63) is 32.6 Å². The molecular formula is C14H18N2O6. The topological polar surface area (TPSA) is 91.8 Å². The zero-order chi connectivity index (χ0) is 15.4. The predicted molar refractivity (Wildman–Crippen MR) is 73.8 cm³/mol. The van der Waals surface area contributed by atoms with E-state index in [2.05, 4.69) is 4.98 Å². The van der Waals surface area contributed by atoms with Gasteiger partial charge < -0.3 is 18.9 Å². The summed E-state index contributed by atoms with van der Waals surface area (Å²) in [6, 6.07) is -0.311. The number of rotatable bonds is 1. The van der Waals surface area contributed by atoms with Crippen LogP contribution >= 0.6 is 0 Å². The molecule has 0 saturated carbocycles. The van der Waals surface area contributed by atoms with E-state index in [4.69, 9.17) is 18.9 Å². The lowest BCUT2D eigenvalue weighted by Gasteiger charge is -2.44. The van der Waals surface area contributed by atoms with Crippen LogP contribution < -0.4 is 11.2 Å². The molecule has 3 aliphatic rings. The number of ether oxygens (including phenoxy) is 4. The SMILES string of the molecule is Cc1cn(C2C3COC2C2OC(C)OCC2O3)c(=O)[nH]c1=O. The number of nitrogens with one attached hydrogen (secondary N) is 1. The Morgan fingerprint density at radius 2 is 1.91 bits per heavy atom. The first kappa shape index (κ1) is 14.1. The molecule has 0 amide bonds. The molecule has 3 saturated heterocycles. The molecule has 3 aliphatic heterocycles. The molecule has 3 fully saturated rings. The summed E-state index contributed by atoms with van der Waals surface area (Å²) in [5, 5.41) is 0. The van der Waals surface area contributed by atoms with E-state index in [9.17, 15) is 9.59 Å². The van der Waals surface area contributed by atoms with Crippen molar-refractivity contribution in [1.29, 1.82) is 0 Å². The lowest BCUT2D eigenvalue weighted by molar-refractivity contribution is -0.289. The second-order valence-electron chi connectivity index (χ2n) is 5.98. The fraction of sp³-hybridized carbons (Fsp3) is 0.714. The van der Waals surface area contributed by atoms with E-state index in [0.29, 0.717) is 18.8 Å². The largest absolute Gasteiger partial charge is 0.370 e. The Morgan fingerprint density at radius 1 is 1.14 bits per heavy atom. The van der Waals surface area contributed by atoms with Crippen LogP contribution in [0, 0.1) is 6.92 Å². The Labute approximate surface area is 125 Å². The molecule has 4 heterocycles. The number of nitrogens with zero attached hydrogens (tertiary/aromatic N) is 1. The van der Waals surface area contributed by atoms with Gasteiger partial charge in [0.05, 0.1) is 19.3 Å². The molecule has 1 N–H and O–H groups in total. The van der Waals surface area contributed by atoms with Gasteiger partial charge in [0.1, 0.15) is 24.4 Å². The Balaban J connectivity index is 1.73.